The van der Waals surface area contributed by atoms with Crippen molar-refractivity contribution in [2.75, 3.05) is 12.4 Å². The predicted octanol–water partition coefficient (Wildman–Crippen LogP) is 4.73. The zero-order chi connectivity index (χ0) is 20.7. The molecule has 0 saturated carbocycles. The molecule has 0 amide bonds. The first-order chi connectivity index (χ1) is 14.6. The van der Waals surface area contributed by atoms with Crippen LogP contribution in [0.1, 0.15) is 11.3 Å². The summed E-state index contributed by atoms with van der Waals surface area (Å²) in [7, 11) is 1.65. The summed E-state index contributed by atoms with van der Waals surface area (Å²) in [4.78, 5) is 14.0. The standard InChI is InChI=1S/C23H20N6O/c1-14-11-21(27-23-16(14)7-6-10-19(23)30-3)29-22(12-15(2)28-29)26-20-13-24-17-8-4-5-9-18(17)25-20/h4-13H,1-3H3,(H,25,26). The highest BCUT2D eigenvalue weighted by Gasteiger charge is 2.14. The van der Waals surface area contributed by atoms with E-state index in [1.54, 1.807) is 18.0 Å². The molecule has 0 aliphatic heterocycles. The lowest BCUT2D eigenvalue weighted by molar-refractivity contribution is 0.419. The van der Waals surface area contributed by atoms with E-state index >= 15 is 0 Å². The molecule has 0 aliphatic rings. The third kappa shape index (κ3) is 3.10. The van der Waals surface area contributed by atoms with Gasteiger partial charge in [0, 0.05) is 11.5 Å². The van der Waals surface area contributed by atoms with Gasteiger partial charge in [0.05, 0.1) is 30.0 Å². The van der Waals surface area contributed by atoms with Gasteiger partial charge in [-0.25, -0.2) is 9.97 Å². The van der Waals surface area contributed by atoms with Gasteiger partial charge in [0.2, 0.25) is 0 Å². The van der Waals surface area contributed by atoms with Gasteiger partial charge >= 0.3 is 0 Å². The summed E-state index contributed by atoms with van der Waals surface area (Å²) in [6.07, 6.45) is 1.72. The molecule has 0 spiro atoms. The number of benzene rings is 2. The molecular weight excluding hydrogens is 376 g/mol. The van der Waals surface area contributed by atoms with Crippen LogP contribution in [0, 0.1) is 13.8 Å². The number of fused-ring (bicyclic) bond motifs is 2. The van der Waals surface area contributed by atoms with Crippen molar-refractivity contribution in [2.45, 2.75) is 13.8 Å². The molecule has 1 N–H and O–H groups in total. The van der Waals surface area contributed by atoms with E-state index in [4.69, 9.17) is 9.72 Å². The van der Waals surface area contributed by atoms with E-state index in [-0.39, 0.29) is 0 Å². The number of ether oxygens (including phenoxy) is 1. The molecule has 0 bridgehead atoms. The number of aromatic nitrogens is 5. The molecule has 7 nitrogen and oxygen atoms in total. The molecule has 0 fully saturated rings. The summed E-state index contributed by atoms with van der Waals surface area (Å²) in [6.45, 7) is 4.01. The molecule has 3 heterocycles. The van der Waals surface area contributed by atoms with Gasteiger partial charge < -0.3 is 10.1 Å². The number of aryl methyl sites for hydroxylation is 2. The fourth-order valence-electron chi connectivity index (χ4n) is 3.56. The van der Waals surface area contributed by atoms with E-state index in [9.17, 15) is 0 Å². The minimum Gasteiger partial charge on any atom is -0.494 e. The largest absolute Gasteiger partial charge is 0.494 e. The Bertz CT molecular complexity index is 1390. The predicted molar refractivity (Wildman–Crippen MR) is 118 cm³/mol. The molecule has 5 rings (SSSR count). The Morgan fingerprint density at radius 1 is 0.933 bits per heavy atom. The highest BCUT2D eigenvalue weighted by atomic mass is 16.5. The van der Waals surface area contributed by atoms with Crippen molar-refractivity contribution in [3.8, 4) is 11.6 Å². The molecular formula is C23H20N6O. The first-order valence-electron chi connectivity index (χ1n) is 9.62. The summed E-state index contributed by atoms with van der Waals surface area (Å²) in [5, 5.41) is 9.03. The van der Waals surface area contributed by atoms with Crippen molar-refractivity contribution in [2.24, 2.45) is 0 Å². The van der Waals surface area contributed by atoms with Gasteiger partial charge in [-0.15, -0.1) is 0 Å². The van der Waals surface area contributed by atoms with E-state index < -0.39 is 0 Å². The molecule has 3 aromatic heterocycles. The van der Waals surface area contributed by atoms with Crippen LogP contribution in [0.15, 0.2) is 60.8 Å². The lowest BCUT2D eigenvalue weighted by Crippen LogP contribution is -2.06. The molecule has 0 atom stereocenters. The Morgan fingerprint density at radius 2 is 1.77 bits per heavy atom. The van der Waals surface area contributed by atoms with Crippen molar-refractivity contribution >= 4 is 33.6 Å². The normalized spacial score (nSPS) is 11.2. The number of para-hydroxylation sites is 3. The molecule has 30 heavy (non-hydrogen) atoms. The number of nitrogens with zero attached hydrogens (tertiary/aromatic N) is 5. The van der Waals surface area contributed by atoms with Crippen LogP contribution in [-0.2, 0) is 0 Å². The van der Waals surface area contributed by atoms with E-state index in [1.165, 1.54) is 0 Å². The van der Waals surface area contributed by atoms with Crippen LogP contribution in [0.5, 0.6) is 5.75 Å². The minimum absolute atomic E-state index is 0.643. The van der Waals surface area contributed by atoms with Crippen LogP contribution >= 0.6 is 0 Å². The Hall–Kier alpha value is -4.00. The fraction of sp³-hybridized carbons (Fsp3) is 0.130. The minimum atomic E-state index is 0.643. The molecule has 148 valence electrons. The van der Waals surface area contributed by atoms with Crippen molar-refractivity contribution in [1.82, 2.24) is 24.7 Å². The SMILES string of the molecule is COc1cccc2c(C)cc(-n3nc(C)cc3Nc3cnc4ccccc4n3)nc12. The Balaban J connectivity index is 1.61. The monoisotopic (exact) mass is 396 g/mol. The van der Waals surface area contributed by atoms with Crippen LogP contribution in [0.2, 0.25) is 0 Å². The van der Waals surface area contributed by atoms with Gasteiger partial charge in [0.1, 0.15) is 17.1 Å². The number of rotatable bonds is 4. The first kappa shape index (κ1) is 18.1. The van der Waals surface area contributed by atoms with E-state index in [2.05, 4.69) is 27.3 Å². The molecule has 2 aromatic carbocycles. The van der Waals surface area contributed by atoms with Crippen molar-refractivity contribution in [3.05, 3.63) is 72.1 Å². The summed E-state index contributed by atoms with van der Waals surface area (Å²) in [5.74, 6) is 2.84. The van der Waals surface area contributed by atoms with Crippen molar-refractivity contribution < 1.29 is 4.74 Å². The maximum absolute atomic E-state index is 5.52. The third-order valence-corrected chi connectivity index (χ3v) is 4.97. The van der Waals surface area contributed by atoms with E-state index in [1.807, 2.05) is 61.5 Å². The van der Waals surface area contributed by atoms with Gasteiger partial charge in [0.25, 0.3) is 0 Å². The second-order valence-electron chi connectivity index (χ2n) is 7.11. The van der Waals surface area contributed by atoms with Crippen LogP contribution in [0.25, 0.3) is 27.8 Å². The highest BCUT2D eigenvalue weighted by Crippen LogP contribution is 2.29. The number of methoxy groups -OCH3 is 1. The van der Waals surface area contributed by atoms with Crippen molar-refractivity contribution in [1.29, 1.82) is 0 Å². The zero-order valence-electron chi connectivity index (χ0n) is 16.9. The average molecular weight is 396 g/mol. The molecule has 0 radical (unpaired) electrons. The molecule has 0 saturated heterocycles. The summed E-state index contributed by atoms with van der Waals surface area (Å²) in [5.41, 5.74) is 4.45. The van der Waals surface area contributed by atoms with Crippen LogP contribution in [-0.4, -0.2) is 31.8 Å². The molecule has 5 aromatic rings. The fourth-order valence-corrected chi connectivity index (χ4v) is 3.56. The second kappa shape index (κ2) is 7.11. The summed E-state index contributed by atoms with van der Waals surface area (Å²) in [6, 6.07) is 17.7. The topological polar surface area (TPSA) is 77.8 Å². The lowest BCUT2D eigenvalue weighted by atomic mass is 10.1. The maximum atomic E-state index is 5.52. The molecule has 0 aliphatic carbocycles. The number of hydrogen-bond acceptors (Lipinski definition) is 6. The van der Waals surface area contributed by atoms with Crippen molar-refractivity contribution in [3.63, 3.8) is 0 Å². The Morgan fingerprint density at radius 3 is 2.60 bits per heavy atom. The highest BCUT2D eigenvalue weighted by molar-refractivity contribution is 5.88. The maximum Gasteiger partial charge on any atom is 0.156 e. The Labute approximate surface area is 173 Å². The summed E-state index contributed by atoms with van der Waals surface area (Å²) < 4.78 is 7.30. The van der Waals surface area contributed by atoms with Gasteiger partial charge in [-0.1, -0.05) is 24.3 Å². The molecule has 7 heteroatoms. The van der Waals surface area contributed by atoms with Gasteiger partial charge in [0.15, 0.2) is 11.6 Å². The van der Waals surface area contributed by atoms with E-state index in [0.29, 0.717) is 11.6 Å². The average Bonchev–Trinajstić information content (AvgIpc) is 3.13. The third-order valence-electron chi connectivity index (χ3n) is 4.97. The van der Waals surface area contributed by atoms with Gasteiger partial charge in [-0.05, 0) is 43.7 Å². The lowest BCUT2D eigenvalue weighted by Gasteiger charge is -2.12. The second-order valence-corrected chi connectivity index (χ2v) is 7.11. The number of pyridine rings is 1. The van der Waals surface area contributed by atoms with Crippen LogP contribution < -0.4 is 10.1 Å². The van der Waals surface area contributed by atoms with Crippen LogP contribution in [0.4, 0.5) is 11.6 Å². The Kier molecular flexibility index (Phi) is 4.28. The number of hydrogen-bond donors (Lipinski definition) is 1. The van der Waals surface area contributed by atoms with Gasteiger partial charge in [-0.3, -0.25) is 4.98 Å². The van der Waals surface area contributed by atoms with Gasteiger partial charge in [-0.2, -0.15) is 9.78 Å². The van der Waals surface area contributed by atoms with E-state index in [0.717, 1.165) is 44.8 Å². The van der Waals surface area contributed by atoms with Crippen LogP contribution in [0.3, 0.4) is 0 Å². The quantitative estimate of drug-likeness (QED) is 0.473. The zero-order valence-corrected chi connectivity index (χ0v) is 16.9. The first-order valence-corrected chi connectivity index (χ1v) is 9.62. The smallest absolute Gasteiger partial charge is 0.156 e. The summed E-state index contributed by atoms with van der Waals surface area (Å²) >= 11 is 0. The molecule has 0 unspecified atom stereocenters. The number of anilines is 2. The number of nitrogens with one attached hydrogen (secondary N) is 1.